The highest BCUT2D eigenvalue weighted by atomic mass is 16.5. The Kier molecular flexibility index (Phi) is 3.36. The van der Waals surface area contributed by atoms with Gasteiger partial charge < -0.3 is 9.64 Å². The van der Waals surface area contributed by atoms with Crippen LogP contribution in [0, 0.1) is 0 Å². The Morgan fingerprint density at radius 1 is 1.32 bits per heavy atom. The third kappa shape index (κ3) is 2.17. The summed E-state index contributed by atoms with van der Waals surface area (Å²) in [5.74, 6) is 0.804. The molecule has 5 nitrogen and oxygen atoms in total. The number of nitrogens with zero attached hydrogens (tertiary/aromatic N) is 3. The number of hydrogen-bond acceptors (Lipinski definition) is 5. The van der Waals surface area contributed by atoms with E-state index in [0.29, 0.717) is 0 Å². The minimum atomic E-state index is -0.175. The van der Waals surface area contributed by atoms with Gasteiger partial charge in [0, 0.05) is 17.8 Å². The molecule has 19 heavy (non-hydrogen) atoms. The number of rotatable bonds is 2. The van der Waals surface area contributed by atoms with Gasteiger partial charge in [-0.1, -0.05) is 0 Å². The molecule has 1 fully saturated rings. The second-order valence-electron chi connectivity index (χ2n) is 5.20. The maximum Gasteiger partial charge on any atom is 0.328 e. The van der Waals surface area contributed by atoms with Crippen LogP contribution in [0.5, 0.6) is 0 Å². The van der Waals surface area contributed by atoms with Gasteiger partial charge in [-0.25, -0.2) is 14.8 Å². The first-order valence-electron chi connectivity index (χ1n) is 6.98. The molecule has 1 saturated heterocycles. The van der Waals surface area contributed by atoms with Gasteiger partial charge in [-0.05, 0) is 38.5 Å². The first-order valence-corrected chi connectivity index (χ1v) is 6.98. The van der Waals surface area contributed by atoms with Crippen LogP contribution in [-0.4, -0.2) is 35.6 Å². The quantitative estimate of drug-likeness (QED) is 0.755. The Hall–Kier alpha value is -1.65. The molecule has 102 valence electrons. The van der Waals surface area contributed by atoms with Gasteiger partial charge in [0.2, 0.25) is 0 Å². The maximum absolute atomic E-state index is 11.9. The number of hydrogen-bond donors (Lipinski definition) is 0. The van der Waals surface area contributed by atoms with Crippen molar-refractivity contribution in [1.29, 1.82) is 0 Å². The van der Waals surface area contributed by atoms with Crippen LogP contribution >= 0.6 is 0 Å². The largest absolute Gasteiger partial charge is 0.467 e. The van der Waals surface area contributed by atoms with Crippen LogP contribution < -0.4 is 4.90 Å². The lowest BCUT2D eigenvalue weighted by molar-refractivity contribution is -0.141. The van der Waals surface area contributed by atoms with E-state index in [-0.39, 0.29) is 12.0 Å². The van der Waals surface area contributed by atoms with Crippen LogP contribution in [0.25, 0.3) is 0 Å². The standard InChI is InChI=1S/C14H19N3O2/c1-19-14(18)12-7-4-8-17(12)13-10-5-2-3-6-11(10)15-9-16-13/h9,12H,2-8H2,1H3. The molecule has 0 saturated carbocycles. The summed E-state index contributed by atoms with van der Waals surface area (Å²) in [5, 5.41) is 0. The first-order chi connectivity index (χ1) is 9.31. The summed E-state index contributed by atoms with van der Waals surface area (Å²) >= 11 is 0. The normalized spacial score (nSPS) is 22.2. The van der Waals surface area contributed by atoms with E-state index in [0.717, 1.165) is 43.7 Å². The Bertz CT molecular complexity index is 490. The molecule has 2 aliphatic rings. The summed E-state index contributed by atoms with van der Waals surface area (Å²) in [6.45, 7) is 0.878. The van der Waals surface area contributed by atoms with Crippen molar-refractivity contribution in [3.8, 4) is 0 Å². The van der Waals surface area contributed by atoms with E-state index in [4.69, 9.17) is 4.74 Å². The van der Waals surface area contributed by atoms with Gasteiger partial charge in [0.25, 0.3) is 0 Å². The average molecular weight is 261 g/mol. The van der Waals surface area contributed by atoms with E-state index in [1.807, 2.05) is 0 Å². The number of ether oxygens (including phenoxy) is 1. The van der Waals surface area contributed by atoms with Gasteiger partial charge in [-0.2, -0.15) is 0 Å². The molecule has 1 unspecified atom stereocenters. The molecule has 0 aromatic carbocycles. The fourth-order valence-electron chi connectivity index (χ4n) is 3.15. The maximum atomic E-state index is 11.9. The third-order valence-corrected chi connectivity index (χ3v) is 4.10. The Labute approximate surface area is 113 Å². The van der Waals surface area contributed by atoms with Gasteiger partial charge in [0.15, 0.2) is 0 Å². The van der Waals surface area contributed by atoms with Crippen molar-refractivity contribution >= 4 is 11.8 Å². The molecule has 1 aliphatic carbocycles. The highest BCUT2D eigenvalue weighted by Crippen LogP contribution is 2.31. The van der Waals surface area contributed by atoms with Gasteiger partial charge in [-0.3, -0.25) is 0 Å². The molecule has 0 bridgehead atoms. The number of aryl methyl sites for hydroxylation is 1. The van der Waals surface area contributed by atoms with Crippen molar-refractivity contribution in [3.05, 3.63) is 17.6 Å². The molecular formula is C14H19N3O2. The lowest BCUT2D eigenvalue weighted by Gasteiger charge is -2.27. The molecule has 1 atom stereocenters. The first kappa shape index (κ1) is 12.4. The highest BCUT2D eigenvalue weighted by Gasteiger charge is 2.34. The molecule has 1 aromatic heterocycles. The predicted octanol–water partition coefficient (Wildman–Crippen LogP) is 1.50. The second-order valence-corrected chi connectivity index (χ2v) is 5.20. The van der Waals surface area contributed by atoms with E-state index < -0.39 is 0 Å². The number of anilines is 1. The van der Waals surface area contributed by atoms with E-state index >= 15 is 0 Å². The van der Waals surface area contributed by atoms with Gasteiger partial charge >= 0.3 is 5.97 Å². The summed E-state index contributed by atoms with van der Waals surface area (Å²) in [6, 6.07) is -0.175. The van der Waals surface area contributed by atoms with Crippen molar-refractivity contribution in [3.63, 3.8) is 0 Å². The topological polar surface area (TPSA) is 55.3 Å². The average Bonchev–Trinajstić information content (AvgIpc) is 2.95. The lowest BCUT2D eigenvalue weighted by atomic mass is 9.96. The number of carbonyl (C=O) groups is 1. The van der Waals surface area contributed by atoms with Crippen LogP contribution in [0.3, 0.4) is 0 Å². The number of carbonyl (C=O) groups excluding carboxylic acids is 1. The van der Waals surface area contributed by atoms with Crippen molar-refractivity contribution in [2.45, 2.75) is 44.6 Å². The van der Waals surface area contributed by atoms with Gasteiger partial charge in [-0.15, -0.1) is 0 Å². The van der Waals surface area contributed by atoms with E-state index in [2.05, 4.69) is 14.9 Å². The molecule has 3 rings (SSSR count). The molecule has 2 heterocycles. The molecule has 0 amide bonds. The Morgan fingerprint density at radius 2 is 2.16 bits per heavy atom. The van der Waals surface area contributed by atoms with E-state index in [9.17, 15) is 4.79 Å². The highest BCUT2D eigenvalue weighted by molar-refractivity contribution is 5.80. The van der Waals surface area contributed by atoms with Crippen molar-refractivity contribution < 1.29 is 9.53 Å². The number of fused-ring (bicyclic) bond motifs is 1. The fourth-order valence-corrected chi connectivity index (χ4v) is 3.15. The lowest BCUT2D eigenvalue weighted by Crippen LogP contribution is -2.38. The summed E-state index contributed by atoms with van der Waals surface area (Å²) < 4.78 is 4.91. The third-order valence-electron chi connectivity index (χ3n) is 4.10. The zero-order valence-corrected chi connectivity index (χ0v) is 11.3. The molecule has 1 aliphatic heterocycles. The minimum absolute atomic E-state index is 0.152. The number of aromatic nitrogens is 2. The molecular weight excluding hydrogens is 242 g/mol. The van der Waals surface area contributed by atoms with Crippen LogP contribution in [0.15, 0.2) is 6.33 Å². The SMILES string of the molecule is COC(=O)C1CCCN1c1ncnc2c1CCCC2. The Morgan fingerprint density at radius 3 is 3.00 bits per heavy atom. The van der Waals surface area contributed by atoms with Gasteiger partial charge in [0.05, 0.1) is 7.11 Å². The minimum Gasteiger partial charge on any atom is -0.467 e. The van der Waals surface area contributed by atoms with Crippen molar-refractivity contribution in [2.24, 2.45) is 0 Å². The van der Waals surface area contributed by atoms with Crippen molar-refractivity contribution in [1.82, 2.24) is 9.97 Å². The van der Waals surface area contributed by atoms with E-state index in [1.165, 1.54) is 25.5 Å². The number of esters is 1. The zero-order valence-electron chi connectivity index (χ0n) is 11.3. The summed E-state index contributed by atoms with van der Waals surface area (Å²) in [6.07, 6.45) is 7.93. The summed E-state index contributed by atoms with van der Waals surface area (Å²) in [5.41, 5.74) is 2.40. The number of methoxy groups -OCH3 is 1. The zero-order chi connectivity index (χ0) is 13.2. The van der Waals surface area contributed by atoms with Crippen LogP contribution in [0.1, 0.15) is 36.9 Å². The fraction of sp³-hybridized carbons (Fsp3) is 0.643. The van der Waals surface area contributed by atoms with E-state index in [1.54, 1.807) is 6.33 Å². The van der Waals surface area contributed by atoms with Crippen LogP contribution in [0.2, 0.25) is 0 Å². The van der Waals surface area contributed by atoms with Crippen LogP contribution in [-0.2, 0) is 22.4 Å². The van der Waals surface area contributed by atoms with Gasteiger partial charge in [0.1, 0.15) is 18.2 Å². The smallest absolute Gasteiger partial charge is 0.328 e. The summed E-state index contributed by atoms with van der Waals surface area (Å²) in [7, 11) is 1.45. The molecule has 0 spiro atoms. The van der Waals surface area contributed by atoms with Crippen LogP contribution in [0.4, 0.5) is 5.82 Å². The molecule has 5 heteroatoms. The Balaban J connectivity index is 1.95. The predicted molar refractivity (Wildman–Crippen MR) is 71.1 cm³/mol. The molecule has 0 radical (unpaired) electrons. The second kappa shape index (κ2) is 5.15. The summed E-state index contributed by atoms with van der Waals surface area (Å²) in [4.78, 5) is 22.8. The molecule has 0 N–H and O–H groups in total. The monoisotopic (exact) mass is 261 g/mol. The van der Waals surface area contributed by atoms with Crippen molar-refractivity contribution in [2.75, 3.05) is 18.6 Å². The molecule has 1 aromatic rings.